The normalized spacial score (nSPS) is 55.1. The van der Waals surface area contributed by atoms with E-state index < -0.39 is 11.6 Å². The summed E-state index contributed by atoms with van der Waals surface area (Å²) in [6.07, 6.45) is 11.0. The van der Waals surface area contributed by atoms with Gasteiger partial charge in [0, 0.05) is 6.42 Å². The third kappa shape index (κ3) is 2.22. The second-order valence-electron chi connectivity index (χ2n) is 9.83. The molecule has 0 aromatic rings. The standard InChI is InChI=1S/C20H32O3/c1-18-8-3-4-13(10-17(21)22)15(18)7-9-20-11-14(5-6-16(18)20)19(2,23)12-20/h13-16,23H,3-12H2,1-2H3,(H,21,22)/t13-,14?,15-,16+,18-,19+,20+/m1/s1. The van der Waals surface area contributed by atoms with Gasteiger partial charge in [-0.15, -0.1) is 0 Å². The van der Waals surface area contributed by atoms with Gasteiger partial charge in [0.25, 0.3) is 0 Å². The van der Waals surface area contributed by atoms with Gasteiger partial charge in [-0.2, -0.15) is 0 Å². The predicted octanol–water partition coefficient (Wildman–Crippen LogP) is 4.23. The van der Waals surface area contributed by atoms with Crippen LogP contribution in [0.25, 0.3) is 0 Å². The van der Waals surface area contributed by atoms with Gasteiger partial charge in [0.1, 0.15) is 0 Å². The van der Waals surface area contributed by atoms with Gasteiger partial charge in [-0.25, -0.2) is 0 Å². The topological polar surface area (TPSA) is 57.5 Å². The Bertz CT molecular complexity index is 513. The van der Waals surface area contributed by atoms with Gasteiger partial charge in [0.2, 0.25) is 0 Å². The van der Waals surface area contributed by atoms with E-state index in [1.54, 1.807) is 0 Å². The molecule has 4 aliphatic rings. The first-order valence-corrected chi connectivity index (χ1v) is 9.71. The zero-order chi connectivity index (χ0) is 16.5. The molecule has 0 radical (unpaired) electrons. The molecule has 0 aromatic heterocycles. The minimum absolute atomic E-state index is 0.308. The zero-order valence-electron chi connectivity index (χ0n) is 14.7. The van der Waals surface area contributed by atoms with Gasteiger partial charge >= 0.3 is 5.97 Å². The first-order chi connectivity index (χ1) is 10.8. The van der Waals surface area contributed by atoms with Gasteiger partial charge in [-0.1, -0.05) is 13.3 Å². The Morgan fingerprint density at radius 3 is 2.65 bits per heavy atom. The highest BCUT2D eigenvalue weighted by atomic mass is 16.4. The van der Waals surface area contributed by atoms with Gasteiger partial charge in [-0.05, 0) is 92.8 Å². The minimum Gasteiger partial charge on any atom is -0.481 e. The van der Waals surface area contributed by atoms with E-state index in [0.717, 1.165) is 12.8 Å². The summed E-state index contributed by atoms with van der Waals surface area (Å²) in [4.78, 5) is 11.3. The molecule has 3 nitrogen and oxygen atoms in total. The molecule has 23 heavy (non-hydrogen) atoms. The van der Waals surface area contributed by atoms with Crippen molar-refractivity contribution in [2.24, 2.45) is 34.5 Å². The maximum Gasteiger partial charge on any atom is 0.303 e. The summed E-state index contributed by atoms with van der Waals surface area (Å²) in [7, 11) is 0. The lowest BCUT2D eigenvalue weighted by Gasteiger charge is -2.61. The van der Waals surface area contributed by atoms with Crippen LogP contribution in [-0.2, 0) is 4.79 Å². The van der Waals surface area contributed by atoms with E-state index >= 15 is 0 Å². The predicted molar refractivity (Wildman–Crippen MR) is 88.9 cm³/mol. The first-order valence-electron chi connectivity index (χ1n) is 9.71. The van der Waals surface area contributed by atoms with E-state index in [9.17, 15) is 15.0 Å². The first kappa shape index (κ1) is 15.9. The van der Waals surface area contributed by atoms with Crippen molar-refractivity contribution in [3.63, 3.8) is 0 Å². The fraction of sp³-hybridized carbons (Fsp3) is 0.950. The van der Waals surface area contributed by atoms with Crippen molar-refractivity contribution in [2.45, 2.75) is 83.7 Å². The monoisotopic (exact) mass is 320 g/mol. The summed E-state index contributed by atoms with van der Waals surface area (Å²) >= 11 is 0. The van der Waals surface area contributed by atoms with Crippen molar-refractivity contribution in [3.05, 3.63) is 0 Å². The van der Waals surface area contributed by atoms with Crippen LogP contribution in [0, 0.1) is 34.5 Å². The quantitative estimate of drug-likeness (QED) is 0.800. The van der Waals surface area contributed by atoms with Crippen LogP contribution in [0.4, 0.5) is 0 Å². The molecule has 0 aromatic carbocycles. The van der Waals surface area contributed by atoms with Crippen LogP contribution in [0.3, 0.4) is 0 Å². The Hall–Kier alpha value is -0.570. The molecule has 0 amide bonds. The summed E-state index contributed by atoms with van der Waals surface area (Å²) in [5, 5.41) is 20.2. The molecular formula is C20H32O3. The molecule has 130 valence electrons. The van der Waals surface area contributed by atoms with Gasteiger partial charge in [-0.3, -0.25) is 4.79 Å². The van der Waals surface area contributed by atoms with Crippen LogP contribution in [0.15, 0.2) is 0 Å². The van der Waals surface area contributed by atoms with Crippen LogP contribution in [0.1, 0.15) is 78.1 Å². The lowest BCUT2D eigenvalue weighted by molar-refractivity contribution is -0.146. The van der Waals surface area contributed by atoms with Crippen molar-refractivity contribution >= 4 is 5.97 Å². The Labute approximate surface area is 139 Å². The van der Waals surface area contributed by atoms with Crippen LogP contribution in [0.5, 0.6) is 0 Å². The molecule has 2 N–H and O–H groups in total. The maximum absolute atomic E-state index is 11.3. The maximum atomic E-state index is 11.3. The van der Waals surface area contributed by atoms with E-state index in [1.165, 1.54) is 44.9 Å². The highest BCUT2D eigenvalue weighted by Crippen LogP contribution is 2.71. The lowest BCUT2D eigenvalue weighted by Crippen LogP contribution is -2.54. The summed E-state index contributed by atoms with van der Waals surface area (Å²) in [6, 6.07) is 0. The molecule has 4 saturated carbocycles. The highest BCUT2D eigenvalue weighted by Gasteiger charge is 2.65. The van der Waals surface area contributed by atoms with Crippen LogP contribution >= 0.6 is 0 Å². The Kier molecular flexibility index (Phi) is 3.44. The van der Waals surface area contributed by atoms with E-state index in [4.69, 9.17) is 0 Å². The molecule has 0 saturated heterocycles. The molecule has 4 rings (SSSR count). The van der Waals surface area contributed by atoms with Gasteiger partial charge in [0.05, 0.1) is 5.60 Å². The van der Waals surface area contributed by atoms with E-state index in [0.29, 0.717) is 40.9 Å². The molecule has 2 bridgehead atoms. The van der Waals surface area contributed by atoms with Crippen molar-refractivity contribution in [1.29, 1.82) is 0 Å². The van der Waals surface area contributed by atoms with Crippen molar-refractivity contribution in [3.8, 4) is 0 Å². The second-order valence-corrected chi connectivity index (χ2v) is 9.83. The third-order valence-corrected chi connectivity index (χ3v) is 8.68. The van der Waals surface area contributed by atoms with Crippen molar-refractivity contribution < 1.29 is 15.0 Å². The Morgan fingerprint density at radius 1 is 1.13 bits per heavy atom. The molecule has 3 heteroatoms. The van der Waals surface area contributed by atoms with Gasteiger partial charge < -0.3 is 10.2 Å². The Balaban J connectivity index is 1.65. The van der Waals surface area contributed by atoms with Crippen molar-refractivity contribution in [2.75, 3.05) is 0 Å². The van der Waals surface area contributed by atoms with Crippen LogP contribution < -0.4 is 0 Å². The summed E-state index contributed by atoms with van der Waals surface area (Å²) in [6.45, 7) is 4.54. The lowest BCUT2D eigenvalue weighted by atomic mass is 9.43. The average Bonchev–Trinajstić information content (AvgIpc) is 2.63. The van der Waals surface area contributed by atoms with E-state index in [-0.39, 0.29) is 0 Å². The largest absolute Gasteiger partial charge is 0.481 e. The summed E-state index contributed by atoms with van der Waals surface area (Å²) < 4.78 is 0. The second kappa shape index (κ2) is 4.97. The number of aliphatic hydroxyl groups is 1. The van der Waals surface area contributed by atoms with Crippen LogP contribution in [0.2, 0.25) is 0 Å². The third-order valence-electron chi connectivity index (χ3n) is 8.68. The SMILES string of the molecule is C[C@@]12CCC[C@H](CC(=O)O)[C@H]1CC[C@@]13CC(CC[C@H]12)[C@@](C)(O)C3. The minimum atomic E-state index is -0.618. The number of fused-ring (bicyclic) bond motifs is 3. The fourth-order valence-corrected chi connectivity index (χ4v) is 7.97. The highest BCUT2D eigenvalue weighted by molar-refractivity contribution is 5.67. The number of carboxylic acids is 1. The van der Waals surface area contributed by atoms with Crippen molar-refractivity contribution in [1.82, 2.24) is 0 Å². The molecule has 4 fully saturated rings. The van der Waals surface area contributed by atoms with Gasteiger partial charge in [0.15, 0.2) is 0 Å². The average molecular weight is 320 g/mol. The number of carboxylic acid groups (broad SMARTS) is 1. The smallest absolute Gasteiger partial charge is 0.303 e. The van der Waals surface area contributed by atoms with E-state index in [2.05, 4.69) is 13.8 Å². The number of rotatable bonds is 2. The van der Waals surface area contributed by atoms with E-state index in [1.807, 2.05) is 0 Å². The zero-order valence-corrected chi connectivity index (χ0v) is 14.7. The number of hydrogen-bond donors (Lipinski definition) is 2. The number of aliphatic carboxylic acids is 1. The molecule has 7 atom stereocenters. The molecule has 0 heterocycles. The molecule has 4 aliphatic carbocycles. The summed E-state index contributed by atoms with van der Waals surface area (Å²) in [5.41, 5.74) is 0.192. The fourth-order valence-electron chi connectivity index (χ4n) is 7.97. The molecule has 1 spiro atoms. The Morgan fingerprint density at radius 2 is 1.91 bits per heavy atom. The number of carbonyl (C=O) groups is 1. The molecule has 0 aliphatic heterocycles. The summed E-state index contributed by atoms with van der Waals surface area (Å²) in [5.74, 6) is 1.55. The molecule has 1 unspecified atom stereocenters. The van der Waals surface area contributed by atoms with Crippen LogP contribution in [-0.4, -0.2) is 21.8 Å². The number of hydrogen-bond acceptors (Lipinski definition) is 2. The molecular weight excluding hydrogens is 288 g/mol.